The summed E-state index contributed by atoms with van der Waals surface area (Å²) in [5.74, 6) is 2.31. The molecule has 10 aliphatic heterocycles. The summed E-state index contributed by atoms with van der Waals surface area (Å²) in [6.07, 6.45) is 17.9. The highest BCUT2D eigenvalue weighted by atomic mass is 16.2. The summed E-state index contributed by atoms with van der Waals surface area (Å²) in [4.78, 5) is 53.5. The first-order valence-electron chi connectivity index (χ1n) is 55.4. The fourth-order valence-corrected chi connectivity index (χ4v) is 23.2. The van der Waals surface area contributed by atoms with Gasteiger partial charge in [-0.2, -0.15) is 0 Å². The molecule has 2 spiro atoms. The maximum Gasteiger partial charge on any atom is 0.225 e. The van der Waals surface area contributed by atoms with Crippen LogP contribution in [-0.2, 0) is 17.6 Å². The summed E-state index contributed by atoms with van der Waals surface area (Å²) in [5.41, 5.74) is 12.3. The van der Waals surface area contributed by atoms with E-state index in [-0.39, 0.29) is 22.5 Å². The first-order valence-corrected chi connectivity index (χ1v) is 55.4. The summed E-state index contributed by atoms with van der Waals surface area (Å²) >= 11 is 0. The van der Waals surface area contributed by atoms with Crippen molar-refractivity contribution in [2.24, 2.45) is 61.1 Å². The Morgan fingerprint density at radius 2 is 0.645 bits per heavy atom. The third-order valence-corrected chi connectivity index (χ3v) is 30.6. The third kappa shape index (κ3) is 38.6. The second kappa shape index (κ2) is 47.3. The number of carbonyl (C=O) groups is 1. The molecule has 10 saturated heterocycles. The Morgan fingerprint density at radius 3 is 0.935 bits per heavy atom. The smallest absolute Gasteiger partial charge is 0.225 e. The Balaban J connectivity index is 0.000000185. The van der Waals surface area contributed by atoms with Gasteiger partial charge < -0.3 is 44.3 Å². The number of aromatic nitrogens is 4. The summed E-state index contributed by atoms with van der Waals surface area (Å²) in [5, 5.41) is 7.10. The van der Waals surface area contributed by atoms with Crippen molar-refractivity contribution >= 4 is 5.91 Å². The Hall–Kier alpha value is -4.19. The molecule has 10 aliphatic rings. The van der Waals surface area contributed by atoms with Gasteiger partial charge in [0.1, 0.15) is 0 Å². The molecular formula is C119H218N18O. The van der Waals surface area contributed by atoms with E-state index in [0.717, 1.165) is 126 Å². The van der Waals surface area contributed by atoms with Gasteiger partial charge in [0.25, 0.3) is 0 Å². The molecule has 10 fully saturated rings. The topological polar surface area (TPSA) is 116 Å². The van der Waals surface area contributed by atoms with E-state index in [2.05, 4.69) is 426 Å². The SMILES string of the molecule is CC(C)(C)CN1CCC(C(=O)N2CCN(C(C)(C)C)CC2)CC1.CC(C)(C)CN1CCC(N2CCN(C(C)(C)C)CC2)CC1.C[C@@H](CNC(C)(C)C)n1cnc(-c2ccc(CC(C)(C)C)cc2)c1.C[C@@H]1CN(CC(C)(C)C)CCC1N1CC2(C1)CN(C(C)(C)C)C2.C[C@H](CNC(C)(C)C)n1cnc(-c2ccc(CC(C)(C)C)cc2)c1.C[C@H]1CN(CC(C)(C)C)CCC1N1CC2(C1)CN(C(C)(C)C)C2. The van der Waals surface area contributed by atoms with Crippen LogP contribution in [0.2, 0.25) is 0 Å². The molecule has 0 saturated carbocycles. The molecule has 1 amide bonds. The number of likely N-dealkylation sites (tertiary alicyclic amines) is 8. The van der Waals surface area contributed by atoms with Crippen LogP contribution in [0.4, 0.5) is 0 Å². The molecular weight excluding hydrogens is 1700 g/mol. The molecule has 0 radical (unpaired) electrons. The Bertz CT molecular complexity index is 4000. The molecule has 4 aromatic rings. The standard InChI is InChI=1S/2C21H33N3.2C20H39N3.C19H37N3O.C18H37N3/c2*1-16(13-23-21(5,6)7)24-14-19(22-15-24)18-10-8-17(9-11-18)12-20(2,3)4;2*1-16-10-21(11-18(2,3)4)9-8-17(16)22-12-20(13-22)14-23(15-20)19(5,6)7;1-18(2,3)15-20-9-7-16(8-10-20)17(23)21-11-13-22(14-12-21)19(4,5)6;1-17(2,3)15-19-9-7-16(8-10-19)20-11-13-21(14-12-20)18(4,5)6/h2*8-11,14-16,23H,12-13H2,1-7H3;2*16-17H,8-15H2,1-7H3;16H,7-15H2,1-6H3;16H,7-15H2,1-6H3/t2*16-;2*16-,17?;;/m1010../s1. The highest BCUT2D eigenvalue weighted by Gasteiger charge is 2.57. The normalized spacial score (nSPS) is 23.8. The summed E-state index contributed by atoms with van der Waals surface area (Å²) < 4.78 is 4.38. The number of piperidine rings is 4. The van der Waals surface area contributed by atoms with Crippen LogP contribution in [0.3, 0.4) is 0 Å². The van der Waals surface area contributed by atoms with Crippen molar-refractivity contribution in [2.45, 2.75) is 392 Å². The summed E-state index contributed by atoms with van der Waals surface area (Å²) in [7, 11) is 0. The van der Waals surface area contributed by atoms with Gasteiger partial charge in [0.2, 0.25) is 5.91 Å². The fraction of sp³-hybridized carbons (Fsp3) is 0.840. The van der Waals surface area contributed by atoms with E-state index >= 15 is 0 Å². The lowest BCUT2D eigenvalue weighted by Crippen LogP contribution is -2.76. The van der Waals surface area contributed by atoms with Crippen LogP contribution in [0.5, 0.6) is 0 Å². The van der Waals surface area contributed by atoms with Gasteiger partial charge in [-0.3, -0.25) is 39.1 Å². The van der Waals surface area contributed by atoms with Crippen molar-refractivity contribution in [1.29, 1.82) is 0 Å². The van der Waals surface area contributed by atoms with Crippen LogP contribution in [0.1, 0.15) is 339 Å². The number of imidazole rings is 2. The second-order valence-electron chi connectivity index (χ2n) is 59.2. The van der Waals surface area contributed by atoms with Gasteiger partial charge in [0.05, 0.1) is 24.0 Å². The highest BCUT2D eigenvalue weighted by molar-refractivity contribution is 5.79. The molecule has 12 heterocycles. The summed E-state index contributed by atoms with van der Waals surface area (Å²) in [6, 6.07) is 20.9. The van der Waals surface area contributed by atoms with Crippen LogP contribution < -0.4 is 10.6 Å². The van der Waals surface area contributed by atoms with Crippen molar-refractivity contribution in [3.8, 4) is 22.5 Å². The number of amides is 1. The minimum absolute atomic E-state index is 0.139. The number of benzene rings is 2. The molecule has 19 nitrogen and oxygen atoms in total. The Morgan fingerprint density at radius 1 is 0.348 bits per heavy atom. The predicted octanol–water partition coefficient (Wildman–Crippen LogP) is 22.1. The molecule has 19 heteroatoms. The van der Waals surface area contributed by atoms with Gasteiger partial charge >= 0.3 is 0 Å². The van der Waals surface area contributed by atoms with Crippen molar-refractivity contribution in [3.63, 3.8) is 0 Å². The van der Waals surface area contributed by atoms with E-state index in [1.54, 1.807) is 0 Å². The largest absolute Gasteiger partial charge is 0.340 e. The van der Waals surface area contributed by atoms with Crippen LogP contribution >= 0.6 is 0 Å². The van der Waals surface area contributed by atoms with Gasteiger partial charge in [0, 0.05) is 261 Å². The number of carbonyl (C=O) groups excluding carboxylic acids is 1. The fourth-order valence-electron chi connectivity index (χ4n) is 23.2. The van der Waals surface area contributed by atoms with Crippen LogP contribution in [0.25, 0.3) is 22.5 Å². The first-order chi connectivity index (χ1) is 63.2. The maximum atomic E-state index is 12.8. The van der Waals surface area contributed by atoms with Crippen LogP contribution in [0, 0.1) is 61.1 Å². The number of hydrogen-bond donors (Lipinski definition) is 2. The van der Waals surface area contributed by atoms with Crippen LogP contribution in [0.15, 0.2) is 73.6 Å². The van der Waals surface area contributed by atoms with Gasteiger partial charge in [-0.25, -0.2) is 9.97 Å². The zero-order chi connectivity index (χ0) is 103. The number of nitrogens with one attached hydrogen (secondary N) is 2. The molecule has 138 heavy (non-hydrogen) atoms. The third-order valence-electron chi connectivity index (χ3n) is 30.6. The number of hydrogen-bond acceptors (Lipinski definition) is 16. The monoisotopic (exact) mass is 1920 g/mol. The Kier molecular flexibility index (Phi) is 40.2. The summed E-state index contributed by atoms with van der Waals surface area (Å²) in [6.45, 7) is 128. The van der Waals surface area contributed by atoms with Gasteiger partial charge in [-0.1, -0.05) is 187 Å². The minimum atomic E-state index is 0.139. The van der Waals surface area contributed by atoms with Gasteiger partial charge in [-0.05, 0) is 285 Å². The number of piperazine rings is 2. The molecule has 2 unspecified atom stereocenters. The van der Waals surface area contributed by atoms with E-state index in [1.807, 2.05) is 12.7 Å². The second-order valence-corrected chi connectivity index (χ2v) is 59.2. The first kappa shape index (κ1) is 117. The molecule has 2 aromatic carbocycles. The molecule has 0 bridgehead atoms. The van der Waals surface area contributed by atoms with E-state index in [4.69, 9.17) is 0 Å². The van der Waals surface area contributed by atoms with E-state index in [0.29, 0.717) is 77.9 Å². The Labute approximate surface area is 850 Å². The predicted molar refractivity (Wildman–Crippen MR) is 593 cm³/mol. The minimum Gasteiger partial charge on any atom is -0.340 e. The average molecular weight is 1920 g/mol. The average Bonchev–Trinajstić information content (AvgIpc) is 0.730. The molecule has 0 aliphatic carbocycles. The van der Waals surface area contributed by atoms with Crippen LogP contribution in [-0.4, -0.2) is 332 Å². The van der Waals surface area contributed by atoms with E-state index < -0.39 is 0 Å². The van der Waals surface area contributed by atoms with E-state index in [1.165, 1.54) is 185 Å². The molecule has 790 valence electrons. The van der Waals surface area contributed by atoms with Crippen molar-refractivity contribution in [1.82, 2.24) is 88.5 Å². The van der Waals surface area contributed by atoms with Gasteiger partial charge in [0.15, 0.2) is 0 Å². The lowest BCUT2D eigenvalue weighted by atomic mass is 9.69. The maximum absolute atomic E-state index is 12.8. The van der Waals surface area contributed by atoms with Crippen molar-refractivity contribution in [2.75, 3.05) is 196 Å². The van der Waals surface area contributed by atoms with Crippen molar-refractivity contribution in [3.05, 3.63) is 84.7 Å². The lowest BCUT2D eigenvalue weighted by Gasteiger charge is -2.66. The zero-order valence-electron chi connectivity index (χ0n) is 97.5. The number of nitrogens with zero attached hydrogens (tertiary/aromatic N) is 16. The molecule has 6 atom stereocenters. The van der Waals surface area contributed by atoms with Crippen molar-refractivity contribution < 1.29 is 4.79 Å². The molecule has 14 rings (SSSR count). The molecule has 2 aromatic heterocycles. The quantitative estimate of drug-likeness (QED) is 0.0984. The lowest BCUT2D eigenvalue weighted by molar-refractivity contribution is -0.166. The van der Waals surface area contributed by atoms with E-state index in [9.17, 15) is 4.79 Å². The van der Waals surface area contributed by atoms with Gasteiger partial charge in [-0.15, -0.1) is 0 Å². The highest BCUT2D eigenvalue weighted by Crippen LogP contribution is 2.48. The number of rotatable bonds is 18. The molecule has 2 N–H and O–H groups in total. The zero-order valence-corrected chi connectivity index (χ0v) is 97.5.